The number of carbonyl (C=O) groups excluding carboxylic acids is 1. The summed E-state index contributed by atoms with van der Waals surface area (Å²) in [6.45, 7) is 8.44. The van der Waals surface area contributed by atoms with Crippen LogP contribution >= 0.6 is 11.3 Å². The second kappa shape index (κ2) is 7.17. The number of pyridine rings is 1. The SMILES string of the molecule is CCc1csc(NC(=O)N2CCN(c3ncccc3C)CC2C)n1. The largest absolute Gasteiger partial charge is 0.353 e. The average Bonchev–Trinajstić information content (AvgIpc) is 3.02. The van der Waals surface area contributed by atoms with E-state index in [0.717, 1.165) is 36.6 Å². The number of hydrogen-bond acceptors (Lipinski definition) is 5. The molecule has 0 spiro atoms. The van der Waals surface area contributed by atoms with Gasteiger partial charge in [-0.25, -0.2) is 14.8 Å². The topological polar surface area (TPSA) is 61.4 Å². The number of nitrogens with one attached hydrogen (secondary N) is 1. The first-order chi connectivity index (χ1) is 11.6. The zero-order chi connectivity index (χ0) is 17.1. The summed E-state index contributed by atoms with van der Waals surface area (Å²) in [5.74, 6) is 1.01. The second-order valence-electron chi connectivity index (χ2n) is 6.06. The molecule has 128 valence electrons. The van der Waals surface area contributed by atoms with Crippen molar-refractivity contribution in [2.24, 2.45) is 0 Å². The lowest BCUT2D eigenvalue weighted by molar-refractivity contribution is 0.184. The highest BCUT2D eigenvalue weighted by atomic mass is 32.1. The molecule has 24 heavy (non-hydrogen) atoms. The number of hydrogen-bond donors (Lipinski definition) is 1. The van der Waals surface area contributed by atoms with E-state index in [1.54, 1.807) is 0 Å². The molecule has 7 heteroatoms. The van der Waals surface area contributed by atoms with Gasteiger partial charge in [-0.1, -0.05) is 13.0 Å². The number of thiazole rings is 1. The first-order valence-corrected chi connectivity index (χ1v) is 9.15. The van der Waals surface area contributed by atoms with Crippen molar-refractivity contribution in [3.63, 3.8) is 0 Å². The minimum absolute atomic E-state index is 0.0723. The Labute approximate surface area is 146 Å². The molecule has 0 aliphatic carbocycles. The molecule has 3 heterocycles. The molecular weight excluding hydrogens is 322 g/mol. The van der Waals surface area contributed by atoms with Crippen molar-refractivity contribution in [3.05, 3.63) is 35.0 Å². The Morgan fingerprint density at radius 1 is 1.46 bits per heavy atom. The van der Waals surface area contributed by atoms with Crippen LogP contribution in [0.15, 0.2) is 23.7 Å². The number of piperazine rings is 1. The van der Waals surface area contributed by atoms with E-state index < -0.39 is 0 Å². The van der Waals surface area contributed by atoms with Gasteiger partial charge in [-0.3, -0.25) is 5.32 Å². The van der Waals surface area contributed by atoms with Gasteiger partial charge in [-0.05, 0) is 31.9 Å². The van der Waals surface area contributed by atoms with Crippen LogP contribution in [0.5, 0.6) is 0 Å². The predicted molar refractivity (Wildman–Crippen MR) is 97.9 cm³/mol. The zero-order valence-corrected chi connectivity index (χ0v) is 15.1. The van der Waals surface area contributed by atoms with Crippen molar-refractivity contribution in [3.8, 4) is 0 Å². The molecule has 1 atom stereocenters. The minimum Gasteiger partial charge on any atom is -0.353 e. The lowest BCUT2D eigenvalue weighted by Crippen LogP contribution is -2.55. The Kier molecular flexibility index (Phi) is 4.99. The second-order valence-corrected chi connectivity index (χ2v) is 6.92. The summed E-state index contributed by atoms with van der Waals surface area (Å²) in [6, 6.07) is 4.06. The molecule has 1 saturated heterocycles. The van der Waals surface area contributed by atoms with Gasteiger partial charge < -0.3 is 9.80 Å². The third kappa shape index (κ3) is 3.51. The van der Waals surface area contributed by atoms with Crippen LogP contribution in [0.3, 0.4) is 0 Å². The molecule has 2 aromatic heterocycles. The van der Waals surface area contributed by atoms with Crippen LogP contribution in [-0.2, 0) is 6.42 Å². The van der Waals surface area contributed by atoms with E-state index in [4.69, 9.17) is 0 Å². The van der Waals surface area contributed by atoms with Gasteiger partial charge >= 0.3 is 6.03 Å². The maximum atomic E-state index is 12.5. The van der Waals surface area contributed by atoms with Gasteiger partial charge in [0.05, 0.1) is 5.69 Å². The number of carbonyl (C=O) groups is 1. The zero-order valence-electron chi connectivity index (χ0n) is 14.3. The van der Waals surface area contributed by atoms with Gasteiger partial charge in [0.1, 0.15) is 5.82 Å². The maximum absolute atomic E-state index is 12.5. The molecular formula is C17H23N5OS. The summed E-state index contributed by atoms with van der Waals surface area (Å²) in [6.07, 6.45) is 2.70. The maximum Gasteiger partial charge on any atom is 0.324 e. The lowest BCUT2D eigenvalue weighted by Gasteiger charge is -2.40. The Morgan fingerprint density at radius 3 is 2.96 bits per heavy atom. The number of amides is 2. The van der Waals surface area contributed by atoms with Crippen LogP contribution in [0.1, 0.15) is 25.1 Å². The van der Waals surface area contributed by atoms with E-state index in [2.05, 4.69) is 47.0 Å². The molecule has 0 saturated carbocycles. The van der Waals surface area contributed by atoms with Gasteiger partial charge in [-0.15, -0.1) is 11.3 Å². The summed E-state index contributed by atoms with van der Waals surface area (Å²) in [4.78, 5) is 25.5. The van der Waals surface area contributed by atoms with Gasteiger partial charge in [-0.2, -0.15) is 0 Å². The summed E-state index contributed by atoms with van der Waals surface area (Å²) < 4.78 is 0. The number of urea groups is 1. The molecule has 2 aromatic rings. The van der Waals surface area contributed by atoms with Crippen molar-refractivity contribution in [1.82, 2.24) is 14.9 Å². The summed E-state index contributed by atoms with van der Waals surface area (Å²) >= 11 is 1.48. The number of anilines is 2. The summed E-state index contributed by atoms with van der Waals surface area (Å²) in [7, 11) is 0. The molecule has 0 aromatic carbocycles. The number of aromatic nitrogens is 2. The molecule has 1 aliphatic heterocycles. The molecule has 1 fully saturated rings. The van der Waals surface area contributed by atoms with Crippen LogP contribution in [0.25, 0.3) is 0 Å². The van der Waals surface area contributed by atoms with Crippen LogP contribution in [0.4, 0.5) is 15.7 Å². The molecule has 6 nitrogen and oxygen atoms in total. The van der Waals surface area contributed by atoms with Crippen molar-refractivity contribution in [1.29, 1.82) is 0 Å². The van der Waals surface area contributed by atoms with Crippen molar-refractivity contribution in [2.45, 2.75) is 33.2 Å². The molecule has 1 N–H and O–H groups in total. The molecule has 1 aliphatic rings. The van der Waals surface area contributed by atoms with E-state index in [9.17, 15) is 4.79 Å². The number of aryl methyl sites for hydroxylation is 2. The van der Waals surface area contributed by atoms with Crippen LogP contribution in [0, 0.1) is 6.92 Å². The Balaban J connectivity index is 1.63. The summed E-state index contributed by atoms with van der Waals surface area (Å²) in [5.41, 5.74) is 2.18. The highest BCUT2D eigenvalue weighted by Gasteiger charge is 2.29. The molecule has 2 amide bonds. The molecule has 3 rings (SSSR count). The molecule has 0 bridgehead atoms. The van der Waals surface area contributed by atoms with Gasteiger partial charge in [0, 0.05) is 37.3 Å². The summed E-state index contributed by atoms with van der Waals surface area (Å²) in [5, 5.41) is 5.58. The quantitative estimate of drug-likeness (QED) is 0.928. The third-order valence-electron chi connectivity index (χ3n) is 4.30. The van der Waals surface area contributed by atoms with Crippen molar-refractivity contribution >= 4 is 28.3 Å². The third-order valence-corrected chi connectivity index (χ3v) is 5.10. The highest BCUT2D eigenvalue weighted by Crippen LogP contribution is 2.22. The Bertz CT molecular complexity index is 717. The fourth-order valence-corrected chi connectivity index (χ4v) is 3.73. The van der Waals surface area contributed by atoms with Gasteiger partial charge in [0.15, 0.2) is 5.13 Å². The van der Waals surface area contributed by atoms with Crippen molar-refractivity contribution in [2.75, 3.05) is 29.9 Å². The van der Waals surface area contributed by atoms with Crippen molar-refractivity contribution < 1.29 is 4.79 Å². The molecule has 1 unspecified atom stereocenters. The van der Waals surface area contributed by atoms with E-state index in [-0.39, 0.29) is 12.1 Å². The van der Waals surface area contributed by atoms with E-state index in [0.29, 0.717) is 11.7 Å². The van der Waals surface area contributed by atoms with Gasteiger partial charge in [0.25, 0.3) is 0 Å². The monoisotopic (exact) mass is 345 g/mol. The smallest absolute Gasteiger partial charge is 0.324 e. The van der Waals surface area contributed by atoms with Crippen LogP contribution < -0.4 is 10.2 Å². The lowest BCUT2D eigenvalue weighted by atomic mass is 10.1. The standard InChI is InChI=1S/C17H23N5OS/c1-4-14-11-24-16(19-14)20-17(23)22-9-8-21(10-13(22)3)15-12(2)6-5-7-18-15/h5-7,11,13H,4,8-10H2,1-3H3,(H,19,20,23). The predicted octanol–water partition coefficient (Wildman–Crippen LogP) is 3.15. The van der Waals surface area contributed by atoms with Crippen LogP contribution in [-0.4, -0.2) is 46.6 Å². The normalized spacial score (nSPS) is 17.9. The fraction of sp³-hybridized carbons (Fsp3) is 0.471. The van der Waals surface area contributed by atoms with Gasteiger partial charge in [0.2, 0.25) is 0 Å². The average molecular weight is 345 g/mol. The van der Waals surface area contributed by atoms with E-state index in [1.807, 2.05) is 22.5 Å². The molecule has 0 radical (unpaired) electrons. The minimum atomic E-state index is -0.0723. The fourth-order valence-electron chi connectivity index (χ4n) is 2.95. The Hall–Kier alpha value is -2.15. The number of rotatable bonds is 3. The highest BCUT2D eigenvalue weighted by molar-refractivity contribution is 7.13. The first kappa shape index (κ1) is 16.7. The van der Waals surface area contributed by atoms with E-state index >= 15 is 0 Å². The first-order valence-electron chi connectivity index (χ1n) is 8.27. The van der Waals surface area contributed by atoms with Crippen LogP contribution in [0.2, 0.25) is 0 Å². The Morgan fingerprint density at radius 2 is 2.29 bits per heavy atom. The van der Waals surface area contributed by atoms with E-state index in [1.165, 1.54) is 11.3 Å². The number of nitrogens with zero attached hydrogens (tertiary/aromatic N) is 4.